The second-order valence-corrected chi connectivity index (χ2v) is 6.81. The van der Waals surface area contributed by atoms with Gasteiger partial charge in [0.15, 0.2) is 0 Å². The van der Waals surface area contributed by atoms with Gasteiger partial charge in [0.25, 0.3) is 5.17 Å². The van der Waals surface area contributed by atoms with Gasteiger partial charge in [0.1, 0.15) is 0 Å². The molecule has 0 unspecified atom stereocenters. The molecule has 2 fully saturated rings. The molecule has 0 radical (unpaired) electrons. The largest absolute Gasteiger partial charge is 0.471 e. The first-order chi connectivity index (χ1) is 9.83. The summed E-state index contributed by atoms with van der Waals surface area (Å²) in [5, 5.41) is 0.803. The Kier molecular flexibility index (Phi) is 7.12. The van der Waals surface area contributed by atoms with Crippen LogP contribution in [0.25, 0.3) is 0 Å². The molecule has 2 aliphatic carbocycles. The standard InChI is InChI=1S/C17H31NOS/c1-2-3-14-19-17(20)18(15-10-6-4-7-11-15)16-12-8-5-9-13-16/h15-16H,2-14H2,1H3. The summed E-state index contributed by atoms with van der Waals surface area (Å²) in [6.07, 6.45) is 15.8. The van der Waals surface area contributed by atoms with Crippen LogP contribution < -0.4 is 0 Å². The van der Waals surface area contributed by atoms with Gasteiger partial charge in [-0.15, -0.1) is 0 Å². The zero-order valence-corrected chi connectivity index (χ0v) is 13.9. The molecular weight excluding hydrogens is 266 g/mol. The van der Waals surface area contributed by atoms with Gasteiger partial charge < -0.3 is 9.64 Å². The van der Waals surface area contributed by atoms with Crippen LogP contribution in [0, 0.1) is 0 Å². The zero-order chi connectivity index (χ0) is 14.2. The van der Waals surface area contributed by atoms with Gasteiger partial charge in [0, 0.05) is 12.1 Å². The number of hydrogen-bond donors (Lipinski definition) is 0. The van der Waals surface area contributed by atoms with Crippen molar-refractivity contribution >= 4 is 17.4 Å². The lowest BCUT2D eigenvalue weighted by Gasteiger charge is -2.42. The Hall–Kier alpha value is -0.310. The Balaban J connectivity index is 1.95. The van der Waals surface area contributed by atoms with E-state index in [0.717, 1.165) is 18.2 Å². The first-order valence-electron chi connectivity index (χ1n) is 8.78. The van der Waals surface area contributed by atoms with Crippen molar-refractivity contribution in [3.63, 3.8) is 0 Å². The lowest BCUT2D eigenvalue weighted by Crippen LogP contribution is -2.49. The maximum absolute atomic E-state index is 5.91. The summed E-state index contributed by atoms with van der Waals surface area (Å²) in [5.74, 6) is 0. The Bertz CT molecular complexity index is 265. The summed E-state index contributed by atoms with van der Waals surface area (Å²) >= 11 is 5.65. The Morgan fingerprint density at radius 3 is 1.90 bits per heavy atom. The molecule has 2 aliphatic rings. The van der Waals surface area contributed by atoms with Crippen LogP contribution in [0.1, 0.15) is 84.0 Å². The van der Waals surface area contributed by atoms with E-state index in [-0.39, 0.29) is 0 Å². The summed E-state index contributed by atoms with van der Waals surface area (Å²) in [7, 11) is 0. The summed E-state index contributed by atoms with van der Waals surface area (Å²) in [5.41, 5.74) is 0. The molecule has 0 bridgehead atoms. The zero-order valence-electron chi connectivity index (χ0n) is 13.1. The number of rotatable bonds is 5. The average molecular weight is 298 g/mol. The van der Waals surface area contributed by atoms with Crippen molar-refractivity contribution in [3.05, 3.63) is 0 Å². The van der Waals surface area contributed by atoms with E-state index >= 15 is 0 Å². The molecule has 0 aromatic heterocycles. The molecule has 116 valence electrons. The fourth-order valence-electron chi connectivity index (χ4n) is 3.69. The summed E-state index contributed by atoms with van der Waals surface area (Å²) in [6.45, 7) is 3.00. The number of unbranched alkanes of at least 4 members (excludes halogenated alkanes) is 1. The molecular formula is C17H31NOS. The third kappa shape index (κ3) is 4.61. The number of thiocarbonyl (C=S) groups is 1. The van der Waals surface area contributed by atoms with Crippen LogP contribution in [0.4, 0.5) is 0 Å². The van der Waals surface area contributed by atoms with Crippen molar-refractivity contribution in [2.75, 3.05) is 6.61 Å². The molecule has 2 rings (SSSR count). The maximum Gasteiger partial charge on any atom is 0.259 e. The minimum atomic E-state index is 0.654. The third-order valence-corrected chi connectivity index (χ3v) is 5.20. The lowest BCUT2D eigenvalue weighted by atomic mass is 9.89. The highest BCUT2D eigenvalue weighted by atomic mass is 32.1. The van der Waals surface area contributed by atoms with Crippen LogP contribution in [-0.2, 0) is 4.74 Å². The Morgan fingerprint density at radius 1 is 0.950 bits per heavy atom. The van der Waals surface area contributed by atoms with Crippen LogP contribution >= 0.6 is 12.2 Å². The molecule has 0 amide bonds. The minimum absolute atomic E-state index is 0.654. The Morgan fingerprint density at radius 2 is 1.45 bits per heavy atom. The van der Waals surface area contributed by atoms with E-state index in [9.17, 15) is 0 Å². The molecule has 0 aromatic rings. The van der Waals surface area contributed by atoms with Crippen molar-refractivity contribution in [3.8, 4) is 0 Å². The molecule has 0 heterocycles. The molecule has 2 nitrogen and oxygen atoms in total. The van der Waals surface area contributed by atoms with Gasteiger partial charge in [-0.25, -0.2) is 0 Å². The fourth-order valence-corrected chi connectivity index (χ4v) is 4.07. The third-order valence-electron chi connectivity index (χ3n) is 4.87. The molecule has 3 heteroatoms. The fraction of sp³-hybridized carbons (Fsp3) is 0.941. The maximum atomic E-state index is 5.91. The first-order valence-corrected chi connectivity index (χ1v) is 9.19. The minimum Gasteiger partial charge on any atom is -0.471 e. The molecule has 2 saturated carbocycles. The molecule has 0 aromatic carbocycles. The SMILES string of the molecule is CCCCOC(=S)N(C1CCCCC1)C1CCCCC1. The second kappa shape index (κ2) is 8.86. The van der Waals surface area contributed by atoms with Crippen LogP contribution in [0.3, 0.4) is 0 Å². The summed E-state index contributed by atoms with van der Waals surface area (Å²) in [4.78, 5) is 2.52. The van der Waals surface area contributed by atoms with E-state index in [4.69, 9.17) is 17.0 Å². The van der Waals surface area contributed by atoms with Gasteiger partial charge in [0.2, 0.25) is 0 Å². The summed E-state index contributed by atoms with van der Waals surface area (Å²) in [6, 6.07) is 1.31. The second-order valence-electron chi connectivity index (χ2n) is 6.46. The van der Waals surface area contributed by atoms with Gasteiger partial charge in [-0.2, -0.15) is 0 Å². The average Bonchev–Trinajstić information content (AvgIpc) is 2.50. The van der Waals surface area contributed by atoms with Crippen LogP contribution in [0.2, 0.25) is 0 Å². The predicted molar refractivity (Wildman–Crippen MR) is 89.0 cm³/mol. The van der Waals surface area contributed by atoms with Crippen molar-refractivity contribution in [1.29, 1.82) is 0 Å². The Labute approximate surface area is 130 Å². The van der Waals surface area contributed by atoms with E-state index in [1.807, 2.05) is 0 Å². The number of nitrogens with zero attached hydrogens (tertiary/aromatic N) is 1. The molecule has 20 heavy (non-hydrogen) atoms. The van der Waals surface area contributed by atoms with E-state index in [2.05, 4.69) is 11.8 Å². The lowest BCUT2D eigenvalue weighted by molar-refractivity contribution is 0.118. The van der Waals surface area contributed by atoms with Crippen molar-refractivity contribution in [2.24, 2.45) is 0 Å². The predicted octanol–water partition coefficient (Wildman–Crippen LogP) is 5.06. The number of hydrogen-bond acceptors (Lipinski definition) is 2. The number of ether oxygens (including phenoxy) is 1. The highest BCUT2D eigenvalue weighted by Crippen LogP contribution is 2.30. The normalized spacial score (nSPS) is 21.6. The highest BCUT2D eigenvalue weighted by Gasteiger charge is 2.31. The van der Waals surface area contributed by atoms with Gasteiger partial charge in [-0.3, -0.25) is 0 Å². The smallest absolute Gasteiger partial charge is 0.259 e. The van der Waals surface area contributed by atoms with Crippen molar-refractivity contribution in [1.82, 2.24) is 4.90 Å². The van der Waals surface area contributed by atoms with Crippen molar-refractivity contribution < 1.29 is 4.74 Å². The van der Waals surface area contributed by atoms with Crippen LogP contribution in [0.15, 0.2) is 0 Å². The van der Waals surface area contributed by atoms with E-state index < -0.39 is 0 Å². The highest BCUT2D eigenvalue weighted by molar-refractivity contribution is 7.80. The van der Waals surface area contributed by atoms with Gasteiger partial charge >= 0.3 is 0 Å². The van der Waals surface area contributed by atoms with Crippen LogP contribution in [0.5, 0.6) is 0 Å². The molecule has 0 atom stereocenters. The molecule has 0 spiro atoms. The van der Waals surface area contributed by atoms with E-state index in [1.54, 1.807) is 0 Å². The van der Waals surface area contributed by atoms with Crippen molar-refractivity contribution in [2.45, 2.75) is 96.1 Å². The molecule has 0 aliphatic heterocycles. The quantitative estimate of drug-likeness (QED) is 0.520. The first kappa shape index (κ1) is 16.1. The summed E-state index contributed by atoms with van der Waals surface area (Å²) < 4.78 is 5.91. The van der Waals surface area contributed by atoms with Crippen LogP contribution in [-0.4, -0.2) is 28.8 Å². The monoisotopic (exact) mass is 297 g/mol. The van der Waals surface area contributed by atoms with E-state index in [1.165, 1.54) is 70.6 Å². The van der Waals surface area contributed by atoms with E-state index in [0.29, 0.717) is 12.1 Å². The van der Waals surface area contributed by atoms with Gasteiger partial charge in [0.05, 0.1) is 6.61 Å². The molecule has 0 N–H and O–H groups in total. The molecule has 0 saturated heterocycles. The topological polar surface area (TPSA) is 12.5 Å². The van der Waals surface area contributed by atoms with Gasteiger partial charge in [-0.05, 0) is 44.3 Å². The van der Waals surface area contributed by atoms with Gasteiger partial charge in [-0.1, -0.05) is 51.9 Å².